The minimum Gasteiger partial charge on any atom is -0.353 e. The summed E-state index contributed by atoms with van der Waals surface area (Å²) in [6, 6.07) is 11.7. The highest BCUT2D eigenvalue weighted by Crippen LogP contribution is 2.02. The maximum atomic E-state index is 11.9. The van der Waals surface area contributed by atoms with Crippen LogP contribution in [0.1, 0.15) is 21.6 Å². The van der Waals surface area contributed by atoms with E-state index >= 15 is 0 Å². The van der Waals surface area contributed by atoms with Crippen molar-refractivity contribution < 1.29 is 4.79 Å². The van der Waals surface area contributed by atoms with Crippen molar-refractivity contribution in [3.8, 4) is 0 Å². The standard InChI is InChI=1S/C16H21N3O/c1-13-5-7-14(8-6-13)16(20)18-10-9-17-12-15-4-3-11-19(15)2/h3-8,11,17H,9-10,12H2,1-2H3,(H,18,20). The molecule has 0 saturated carbocycles. The molecule has 0 unspecified atom stereocenters. The Bertz CT molecular complexity index is 557. The van der Waals surface area contributed by atoms with Gasteiger partial charge in [-0.1, -0.05) is 17.7 Å². The van der Waals surface area contributed by atoms with Crippen molar-refractivity contribution in [3.63, 3.8) is 0 Å². The molecule has 2 N–H and O–H groups in total. The molecular weight excluding hydrogens is 250 g/mol. The summed E-state index contributed by atoms with van der Waals surface area (Å²) >= 11 is 0. The van der Waals surface area contributed by atoms with Crippen LogP contribution in [-0.4, -0.2) is 23.6 Å². The number of carbonyl (C=O) groups is 1. The first kappa shape index (κ1) is 14.3. The Hall–Kier alpha value is -2.07. The van der Waals surface area contributed by atoms with Gasteiger partial charge >= 0.3 is 0 Å². The smallest absolute Gasteiger partial charge is 0.251 e. The van der Waals surface area contributed by atoms with E-state index in [0.717, 1.165) is 18.7 Å². The maximum Gasteiger partial charge on any atom is 0.251 e. The number of amides is 1. The lowest BCUT2D eigenvalue weighted by Crippen LogP contribution is -2.31. The predicted molar refractivity (Wildman–Crippen MR) is 80.6 cm³/mol. The topological polar surface area (TPSA) is 46.1 Å². The van der Waals surface area contributed by atoms with Crippen LogP contribution in [0.4, 0.5) is 0 Å². The summed E-state index contributed by atoms with van der Waals surface area (Å²) in [5.74, 6) is -0.0225. The molecular formula is C16H21N3O. The van der Waals surface area contributed by atoms with Crippen molar-refractivity contribution in [1.29, 1.82) is 0 Å². The fourth-order valence-corrected chi connectivity index (χ4v) is 1.97. The number of nitrogens with one attached hydrogen (secondary N) is 2. The van der Waals surface area contributed by atoms with E-state index < -0.39 is 0 Å². The summed E-state index contributed by atoms with van der Waals surface area (Å²) in [5.41, 5.74) is 3.10. The molecule has 1 aromatic carbocycles. The van der Waals surface area contributed by atoms with Crippen LogP contribution in [0.15, 0.2) is 42.6 Å². The van der Waals surface area contributed by atoms with Crippen LogP contribution in [-0.2, 0) is 13.6 Å². The van der Waals surface area contributed by atoms with Gasteiger partial charge in [0.1, 0.15) is 0 Å². The highest BCUT2D eigenvalue weighted by Gasteiger charge is 2.03. The fraction of sp³-hybridized carbons (Fsp3) is 0.312. The molecule has 0 aliphatic rings. The number of benzene rings is 1. The fourth-order valence-electron chi connectivity index (χ4n) is 1.97. The van der Waals surface area contributed by atoms with Gasteiger partial charge in [-0.15, -0.1) is 0 Å². The van der Waals surface area contributed by atoms with Gasteiger partial charge in [0.05, 0.1) is 0 Å². The molecule has 2 rings (SSSR count). The van der Waals surface area contributed by atoms with Gasteiger partial charge in [0.15, 0.2) is 0 Å². The molecule has 0 radical (unpaired) electrons. The van der Waals surface area contributed by atoms with E-state index in [9.17, 15) is 4.79 Å². The molecule has 2 aromatic rings. The van der Waals surface area contributed by atoms with Crippen molar-refractivity contribution in [2.75, 3.05) is 13.1 Å². The number of nitrogens with zero attached hydrogens (tertiary/aromatic N) is 1. The lowest BCUT2D eigenvalue weighted by atomic mass is 10.1. The lowest BCUT2D eigenvalue weighted by Gasteiger charge is -2.08. The summed E-state index contributed by atoms with van der Waals surface area (Å²) < 4.78 is 2.08. The lowest BCUT2D eigenvalue weighted by molar-refractivity contribution is 0.0954. The van der Waals surface area contributed by atoms with E-state index in [1.54, 1.807) is 0 Å². The monoisotopic (exact) mass is 271 g/mol. The van der Waals surface area contributed by atoms with Crippen molar-refractivity contribution in [2.24, 2.45) is 7.05 Å². The molecule has 20 heavy (non-hydrogen) atoms. The molecule has 1 amide bonds. The summed E-state index contributed by atoms with van der Waals surface area (Å²) in [7, 11) is 2.02. The summed E-state index contributed by atoms with van der Waals surface area (Å²) in [6.45, 7) is 4.19. The van der Waals surface area contributed by atoms with Gasteiger partial charge in [-0.3, -0.25) is 4.79 Å². The Morgan fingerprint density at radius 2 is 1.90 bits per heavy atom. The zero-order valence-corrected chi connectivity index (χ0v) is 12.0. The zero-order chi connectivity index (χ0) is 14.4. The molecule has 0 aliphatic carbocycles. The van der Waals surface area contributed by atoms with Crippen LogP contribution in [0.2, 0.25) is 0 Å². The largest absolute Gasteiger partial charge is 0.353 e. The Balaban J connectivity index is 1.67. The Kier molecular flexibility index (Phi) is 4.96. The van der Waals surface area contributed by atoms with Gasteiger partial charge < -0.3 is 15.2 Å². The average molecular weight is 271 g/mol. The van der Waals surface area contributed by atoms with Crippen LogP contribution >= 0.6 is 0 Å². The van der Waals surface area contributed by atoms with E-state index in [1.807, 2.05) is 50.5 Å². The molecule has 0 spiro atoms. The van der Waals surface area contributed by atoms with E-state index in [1.165, 1.54) is 5.69 Å². The van der Waals surface area contributed by atoms with Crippen molar-refractivity contribution in [1.82, 2.24) is 15.2 Å². The molecule has 4 nitrogen and oxygen atoms in total. The molecule has 1 aromatic heterocycles. The van der Waals surface area contributed by atoms with Crippen LogP contribution in [0.3, 0.4) is 0 Å². The third-order valence-corrected chi connectivity index (χ3v) is 3.26. The van der Waals surface area contributed by atoms with E-state index in [0.29, 0.717) is 12.1 Å². The Morgan fingerprint density at radius 1 is 1.15 bits per heavy atom. The first-order chi connectivity index (χ1) is 9.66. The van der Waals surface area contributed by atoms with E-state index in [4.69, 9.17) is 0 Å². The van der Waals surface area contributed by atoms with Crippen LogP contribution in [0.5, 0.6) is 0 Å². The molecule has 0 aliphatic heterocycles. The summed E-state index contributed by atoms with van der Waals surface area (Å²) in [5, 5.41) is 6.21. The normalized spacial score (nSPS) is 10.5. The van der Waals surface area contributed by atoms with Crippen molar-refractivity contribution >= 4 is 5.91 Å². The Morgan fingerprint density at radius 3 is 2.55 bits per heavy atom. The number of aryl methyl sites for hydroxylation is 2. The van der Waals surface area contributed by atoms with E-state index in [2.05, 4.69) is 21.3 Å². The highest BCUT2D eigenvalue weighted by molar-refractivity contribution is 5.94. The van der Waals surface area contributed by atoms with Gasteiger partial charge in [0, 0.05) is 44.1 Å². The van der Waals surface area contributed by atoms with Crippen LogP contribution in [0.25, 0.3) is 0 Å². The van der Waals surface area contributed by atoms with Crippen molar-refractivity contribution in [2.45, 2.75) is 13.5 Å². The molecule has 0 atom stereocenters. The number of hydrogen-bond acceptors (Lipinski definition) is 2. The summed E-state index contributed by atoms with van der Waals surface area (Å²) in [6.07, 6.45) is 2.02. The number of aromatic nitrogens is 1. The molecule has 0 fully saturated rings. The second-order valence-corrected chi connectivity index (χ2v) is 4.91. The quantitative estimate of drug-likeness (QED) is 0.788. The zero-order valence-electron chi connectivity index (χ0n) is 12.0. The van der Waals surface area contributed by atoms with Gasteiger partial charge in [-0.25, -0.2) is 0 Å². The number of hydrogen-bond donors (Lipinski definition) is 2. The number of carbonyl (C=O) groups excluding carboxylic acids is 1. The molecule has 106 valence electrons. The second-order valence-electron chi connectivity index (χ2n) is 4.91. The van der Waals surface area contributed by atoms with Gasteiger partial charge in [-0.2, -0.15) is 0 Å². The molecule has 1 heterocycles. The molecule has 0 bridgehead atoms. The van der Waals surface area contributed by atoms with Gasteiger partial charge in [0.2, 0.25) is 0 Å². The van der Waals surface area contributed by atoms with Gasteiger partial charge in [-0.05, 0) is 31.2 Å². The summed E-state index contributed by atoms with van der Waals surface area (Å²) in [4.78, 5) is 11.9. The third-order valence-electron chi connectivity index (χ3n) is 3.26. The Labute approximate surface area is 119 Å². The molecule has 4 heteroatoms. The first-order valence-corrected chi connectivity index (χ1v) is 6.82. The minimum atomic E-state index is -0.0225. The third kappa shape index (κ3) is 3.96. The van der Waals surface area contributed by atoms with Gasteiger partial charge in [0.25, 0.3) is 5.91 Å². The van der Waals surface area contributed by atoms with Crippen molar-refractivity contribution in [3.05, 3.63) is 59.4 Å². The van der Waals surface area contributed by atoms with E-state index in [-0.39, 0.29) is 5.91 Å². The number of rotatable bonds is 6. The first-order valence-electron chi connectivity index (χ1n) is 6.82. The minimum absolute atomic E-state index is 0.0225. The average Bonchev–Trinajstić information content (AvgIpc) is 2.84. The van der Waals surface area contributed by atoms with Crippen LogP contribution in [0, 0.1) is 6.92 Å². The highest BCUT2D eigenvalue weighted by atomic mass is 16.1. The predicted octanol–water partition coefficient (Wildman–Crippen LogP) is 1.85. The SMILES string of the molecule is Cc1ccc(C(=O)NCCNCc2cccn2C)cc1. The second kappa shape index (κ2) is 6.91. The molecule has 0 saturated heterocycles. The van der Waals surface area contributed by atoms with Crippen LogP contribution < -0.4 is 10.6 Å². The maximum absolute atomic E-state index is 11.9.